The smallest absolute Gasteiger partial charge is 0.433 e. The summed E-state index contributed by atoms with van der Waals surface area (Å²) in [6, 6.07) is 7.15. The number of rotatable bonds is 5. The van der Waals surface area contributed by atoms with E-state index < -0.39 is 34.2 Å². The lowest BCUT2D eigenvalue weighted by atomic mass is 9.96. The highest BCUT2D eigenvalue weighted by atomic mass is 32.1. The zero-order chi connectivity index (χ0) is 23.0. The van der Waals surface area contributed by atoms with Crippen molar-refractivity contribution in [3.63, 3.8) is 0 Å². The first-order valence-corrected chi connectivity index (χ1v) is 10.3. The first-order chi connectivity index (χ1) is 15.3. The number of furan rings is 1. The number of hydrogen-bond acceptors (Lipinski definition) is 8. The molecular weight excluding hydrogens is 441 g/mol. The third-order valence-electron chi connectivity index (χ3n) is 4.77. The van der Waals surface area contributed by atoms with Gasteiger partial charge in [-0.05, 0) is 37.6 Å². The molecule has 1 aliphatic rings. The zero-order valence-corrected chi connectivity index (χ0v) is 17.7. The van der Waals surface area contributed by atoms with Gasteiger partial charge in [-0.1, -0.05) is 23.5 Å². The van der Waals surface area contributed by atoms with Gasteiger partial charge in [0.25, 0.3) is 5.56 Å². The summed E-state index contributed by atoms with van der Waals surface area (Å²) in [6.07, 6.45) is 1.38. The third-order valence-corrected chi connectivity index (χ3v) is 5.75. The molecule has 0 spiro atoms. The van der Waals surface area contributed by atoms with E-state index in [4.69, 9.17) is 9.15 Å². The van der Waals surface area contributed by atoms with Gasteiger partial charge in [-0.2, -0.15) is 0 Å². The molecule has 9 nitrogen and oxygen atoms in total. The second kappa shape index (κ2) is 8.35. The molecule has 2 aromatic heterocycles. The Morgan fingerprint density at radius 1 is 1.34 bits per heavy atom. The van der Waals surface area contributed by atoms with Crippen molar-refractivity contribution in [2.45, 2.75) is 19.9 Å². The molecule has 0 amide bonds. The van der Waals surface area contributed by atoms with Crippen LogP contribution in [0.15, 0.2) is 61.9 Å². The van der Waals surface area contributed by atoms with E-state index >= 15 is 0 Å². The van der Waals surface area contributed by atoms with Crippen LogP contribution >= 0.6 is 11.3 Å². The Morgan fingerprint density at radius 2 is 2.06 bits per heavy atom. The second-order valence-corrected chi connectivity index (χ2v) is 7.80. The molecule has 0 N–H and O–H groups in total. The van der Waals surface area contributed by atoms with Crippen LogP contribution in [0.3, 0.4) is 0 Å². The molecule has 0 saturated heterocycles. The fourth-order valence-corrected chi connectivity index (χ4v) is 4.43. The van der Waals surface area contributed by atoms with Gasteiger partial charge in [0.2, 0.25) is 0 Å². The van der Waals surface area contributed by atoms with E-state index in [1.807, 2.05) is 0 Å². The van der Waals surface area contributed by atoms with Gasteiger partial charge in [0.15, 0.2) is 4.80 Å². The van der Waals surface area contributed by atoms with E-state index in [2.05, 4.69) is 4.99 Å². The molecule has 0 unspecified atom stereocenters. The minimum Gasteiger partial charge on any atom is -0.463 e. The van der Waals surface area contributed by atoms with Crippen LogP contribution in [0.4, 0.5) is 10.3 Å². The van der Waals surface area contributed by atoms with Crippen molar-refractivity contribution in [3.8, 4) is 0 Å². The van der Waals surface area contributed by atoms with Crippen LogP contribution in [0.1, 0.15) is 31.2 Å². The molecule has 1 aliphatic heterocycles. The molecule has 3 heterocycles. The SMILES string of the molecule is CCOC(=O)C1=C(C)N=c2s/c(=C\c3ccc([N+](=O)[O-])o3)c(=O)n2[C@@H]1c1ccc(F)cc1. The minimum atomic E-state index is -0.876. The van der Waals surface area contributed by atoms with Crippen molar-refractivity contribution >= 4 is 29.3 Å². The maximum Gasteiger partial charge on any atom is 0.433 e. The number of benzene rings is 1. The molecule has 0 bridgehead atoms. The first kappa shape index (κ1) is 21.4. The number of esters is 1. The Labute approximate surface area is 183 Å². The summed E-state index contributed by atoms with van der Waals surface area (Å²) in [4.78, 5) is 40.9. The van der Waals surface area contributed by atoms with E-state index in [1.54, 1.807) is 13.8 Å². The van der Waals surface area contributed by atoms with E-state index in [0.29, 0.717) is 16.1 Å². The number of halogens is 1. The van der Waals surface area contributed by atoms with Crippen LogP contribution in [0.5, 0.6) is 0 Å². The number of thiazole rings is 1. The lowest BCUT2D eigenvalue weighted by Crippen LogP contribution is -2.39. The van der Waals surface area contributed by atoms with Crippen LogP contribution in [-0.4, -0.2) is 22.1 Å². The first-order valence-electron chi connectivity index (χ1n) is 9.49. The molecule has 1 aromatic carbocycles. The van der Waals surface area contributed by atoms with Gasteiger partial charge in [-0.3, -0.25) is 19.5 Å². The molecule has 3 aromatic rings. The predicted octanol–water partition coefficient (Wildman–Crippen LogP) is 2.44. The fourth-order valence-electron chi connectivity index (χ4n) is 3.40. The molecule has 32 heavy (non-hydrogen) atoms. The average Bonchev–Trinajstić information content (AvgIpc) is 3.33. The van der Waals surface area contributed by atoms with Gasteiger partial charge < -0.3 is 9.15 Å². The van der Waals surface area contributed by atoms with Gasteiger partial charge in [0.05, 0.1) is 34.5 Å². The van der Waals surface area contributed by atoms with Gasteiger partial charge in [-0.15, -0.1) is 0 Å². The number of fused-ring (bicyclic) bond motifs is 1. The number of nitrogens with zero attached hydrogens (tertiary/aromatic N) is 3. The van der Waals surface area contributed by atoms with Gasteiger partial charge in [-0.25, -0.2) is 14.2 Å². The zero-order valence-electron chi connectivity index (χ0n) is 16.9. The van der Waals surface area contributed by atoms with Crippen LogP contribution in [0.2, 0.25) is 0 Å². The van der Waals surface area contributed by atoms with E-state index in [0.717, 1.165) is 11.3 Å². The summed E-state index contributed by atoms with van der Waals surface area (Å²) < 4.78 is 25.4. The van der Waals surface area contributed by atoms with E-state index in [9.17, 15) is 24.1 Å². The molecule has 4 rings (SSSR count). The van der Waals surface area contributed by atoms with E-state index in [1.165, 1.54) is 47.0 Å². The van der Waals surface area contributed by atoms with Gasteiger partial charge in [0.1, 0.15) is 16.5 Å². The number of ether oxygens (including phenoxy) is 1. The number of hydrogen-bond donors (Lipinski definition) is 0. The summed E-state index contributed by atoms with van der Waals surface area (Å²) in [5.41, 5.74) is 0.576. The lowest BCUT2D eigenvalue weighted by molar-refractivity contribution is -0.402. The van der Waals surface area contributed by atoms with Crippen LogP contribution in [-0.2, 0) is 9.53 Å². The molecular formula is C21H16FN3O6S. The number of aromatic nitrogens is 1. The van der Waals surface area contributed by atoms with Crippen molar-refractivity contribution in [1.29, 1.82) is 0 Å². The van der Waals surface area contributed by atoms with Gasteiger partial charge in [0, 0.05) is 6.08 Å². The molecule has 1 atom stereocenters. The Morgan fingerprint density at radius 3 is 2.69 bits per heavy atom. The number of carbonyl (C=O) groups is 1. The second-order valence-electron chi connectivity index (χ2n) is 6.79. The summed E-state index contributed by atoms with van der Waals surface area (Å²) >= 11 is 1.04. The van der Waals surface area contributed by atoms with Gasteiger partial charge >= 0.3 is 11.9 Å². The largest absolute Gasteiger partial charge is 0.463 e. The molecule has 11 heteroatoms. The number of allylic oxidation sites excluding steroid dienone is 1. The maximum absolute atomic E-state index is 13.5. The highest BCUT2D eigenvalue weighted by Gasteiger charge is 2.33. The molecule has 0 aliphatic carbocycles. The molecule has 0 fully saturated rings. The monoisotopic (exact) mass is 457 g/mol. The van der Waals surface area contributed by atoms with Crippen LogP contribution < -0.4 is 14.9 Å². The highest BCUT2D eigenvalue weighted by Crippen LogP contribution is 2.30. The fraction of sp³-hybridized carbons (Fsp3) is 0.190. The summed E-state index contributed by atoms with van der Waals surface area (Å²) in [5, 5.41) is 10.8. The van der Waals surface area contributed by atoms with Crippen molar-refractivity contribution in [2.75, 3.05) is 6.61 Å². The Kier molecular flexibility index (Phi) is 5.57. The number of carbonyl (C=O) groups excluding carboxylic acids is 1. The number of nitro groups is 1. The molecule has 0 saturated carbocycles. The lowest BCUT2D eigenvalue weighted by Gasteiger charge is -2.24. The van der Waals surface area contributed by atoms with E-state index in [-0.39, 0.29) is 22.5 Å². The Bertz CT molecular complexity index is 1430. The highest BCUT2D eigenvalue weighted by molar-refractivity contribution is 7.07. The quantitative estimate of drug-likeness (QED) is 0.330. The van der Waals surface area contributed by atoms with Crippen LogP contribution in [0, 0.1) is 15.9 Å². The Balaban J connectivity index is 1.93. The topological polar surface area (TPSA) is 117 Å². The predicted molar refractivity (Wildman–Crippen MR) is 112 cm³/mol. The standard InChI is InChI=1S/C21H16FN3O6S/c1-3-30-20(27)17-11(2)23-21-24(18(17)12-4-6-13(22)7-5-12)19(26)15(32-21)10-14-8-9-16(31-14)25(28)29/h4-10,18H,3H2,1-2H3/b15-10-/t18-/m1/s1. The maximum atomic E-state index is 13.5. The average molecular weight is 457 g/mol. The Hall–Kier alpha value is -3.86. The minimum absolute atomic E-state index is 0.127. The normalized spacial score (nSPS) is 16.0. The summed E-state index contributed by atoms with van der Waals surface area (Å²) in [7, 11) is 0. The third kappa shape index (κ3) is 3.78. The van der Waals surface area contributed by atoms with Crippen molar-refractivity contribution in [1.82, 2.24) is 4.57 Å². The van der Waals surface area contributed by atoms with Crippen molar-refractivity contribution in [3.05, 3.63) is 94.6 Å². The molecule has 0 radical (unpaired) electrons. The van der Waals surface area contributed by atoms with Crippen molar-refractivity contribution < 1.29 is 23.3 Å². The summed E-state index contributed by atoms with van der Waals surface area (Å²) in [6.45, 7) is 3.43. The van der Waals surface area contributed by atoms with Crippen LogP contribution in [0.25, 0.3) is 6.08 Å². The molecule has 164 valence electrons. The van der Waals surface area contributed by atoms with Crippen molar-refractivity contribution in [2.24, 2.45) is 4.99 Å². The summed E-state index contributed by atoms with van der Waals surface area (Å²) in [5.74, 6) is -1.41.